The Bertz CT molecular complexity index is 611. The van der Waals surface area contributed by atoms with Crippen LogP contribution in [-0.4, -0.2) is 6.34 Å². The summed E-state index contributed by atoms with van der Waals surface area (Å²) in [5.74, 6) is 1.22. The molecule has 0 heterocycles. The Morgan fingerprint density at radius 1 is 0.826 bits per heavy atom. The first-order valence-corrected chi connectivity index (χ1v) is 8.63. The smallest absolute Gasteiger partial charge is 0.0930 e. The molecule has 0 saturated carbocycles. The van der Waals surface area contributed by atoms with Gasteiger partial charge in [-0.25, -0.2) is 4.99 Å². The Morgan fingerprint density at radius 2 is 1.30 bits per heavy atom. The van der Waals surface area contributed by atoms with Crippen molar-refractivity contribution in [1.82, 2.24) is 0 Å². The number of rotatable bonds is 7. The van der Waals surface area contributed by atoms with Gasteiger partial charge in [-0.3, -0.25) is 0 Å². The van der Waals surface area contributed by atoms with E-state index in [4.69, 9.17) is 0 Å². The van der Waals surface area contributed by atoms with E-state index >= 15 is 0 Å². The fraction of sp³-hybridized carbons (Fsp3) is 0.381. The number of aliphatic imine (C=N–C) groups is 1. The van der Waals surface area contributed by atoms with Crippen LogP contribution < -0.4 is 5.32 Å². The molecule has 0 amide bonds. The molecule has 2 nitrogen and oxygen atoms in total. The summed E-state index contributed by atoms with van der Waals surface area (Å²) in [4.78, 5) is 4.47. The van der Waals surface area contributed by atoms with Crippen LogP contribution in [0.15, 0.2) is 53.5 Å². The molecular weight excluding hydrogens is 280 g/mol. The lowest BCUT2D eigenvalue weighted by Crippen LogP contribution is -1.96. The van der Waals surface area contributed by atoms with Crippen molar-refractivity contribution in [1.29, 1.82) is 0 Å². The monoisotopic (exact) mass is 308 g/mol. The molecular formula is C21H28N2. The summed E-state index contributed by atoms with van der Waals surface area (Å²) < 4.78 is 0. The number of anilines is 1. The topological polar surface area (TPSA) is 24.4 Å². The molecule has 1 N–H and O–H groups in total. The van der Waals surface area contributed by atoms with Gasteiger partial charge in [0.25, 0.3) is 0 Å². The van der Waals surface area contributed by atoms with Gasteiger partial charge in [-0.15, -0.1) is 0 Å². The molecule has 2 unspecified atom stereocenters. The minimum Gasteiger partial charge on any atom is -0.346 e. The molecule has 2 aromatic carbocycles. The first kappa shape index (κ1) is 17.3. The zero-order chi connectivity index (χ0) is 16.7. The molecule has 2 heteroatoms. The van der Waals surface area contributed by atoms with Crippen molar-refractivity contribution in [2.45, 2.75) is 52.4 Å². The predicted molar refractivity (Wildman–Crippen MR) is 102 cm³/mol. The van der Waals surface area contributed by atoms with E-state index in [0.29, 0.717) is 11.8 Å². The van der Waals surface area contributed by atoms with Crippen LogP contribution in [0.25, 0.3) is 0 Å². The molecule has 0 aromatic heterocycles. The van der Waals surface area contributed by atoms with Gasteiger partial charge in [-0.05, 0) is 60.1 Å². The quantitative estimate of drug-likeness (QED) is 0.459. The summed E-state index contributed by atoms with van der Waals surface area (Å²) in [5.41, 5.74) is 4.80. The standard InChI is InChI=1S/C21H28N2/c1-5-16(3)18-7-11-20(12-8-18)22-15-23-21-13-9-19(10-14-21)17(4)6-2/h7-17H,5-6H2,1-4H3,(H,22,23). The van der Waals surface area contributed by atoms with Crippen molar-refractivity contribution < 1.29 is 0 Å². The summed E-state index contributed by atoms with van der Waals surface area (Å²) in [6.07, 6.45) is 4.09. The normalized spacial score (nSPS) is 13.9. The van der Waals surface area contributed by atoms with E-state index in [1.165, 1.54) is 17.5 Å². The molecule has 0 bridgehead atoms. The molecule has 0 saturated heterocycles. The van der Waals surface area contributed by atoms with Crippen molar-refractivity contribution in [2.24, 2.45) is 4.99 Å². The molecule has 122 valence electrons. The SMILES string of the molecule is CCC(C)c1ccc(N=CNc2ccc(C(C)CC)cc2)cc1. The Kier molecular flexibility index (Phi) is 6.40. The van der Waals surface area contributed by atoms with Gasteiger partial charge >= 0.3 is 0 Å². The van der Waals surface area contributed by atoms with Crippen molar-refractivity contribution in [2.75, 3.05) is 5.32 Å². The van der Waals surface area contributed by atoms with E-state index < -0.39 is 0 Å². The third-order valence-corrected chi connectivity index (χ3v) is 4.61. The van der Waals surface area contributed by atoms with Crippen molar-refractivity contribution in [3.8, 4) is 0 Å². The lowest BCUT2D eigenvalue weighted by Gasteiger charge is -2.09. The van der Waals surface area contributed by atoms with E-state index in [-0.39, 0.29) is 0 Å². The molecule has 2 atom stereocenters. The van der Waals surface area contributed by atoms with E-state index in [9.17, 15) is 0 Å². The minimum atomic E-state index is 0.607. The molecule has 2 aromatic rings. The average molecular weight is 308 g/mol. The highest BCUT2D eigenvalue weighted by atomic mass is 14.9. The van der Waals surface area contributed by atoms with Crippen LogP contribution in [-0.2, 0) is 0 Å². The van der Waals surface area contributed by atoms with E-state index in [1.54, 1.807) is 6.34 Å². The van der Waals surface area contributed by atoms with Crippen LogP contribution in [0.1, 0.15) is 63.5 Å². The Labute approximate surface area is 140 Å². The van der Waals surface area contributed by atoms with Crippen molar-refractivity contribution in [3.63, 3.8) is 0 Å². The van der Waals surface area contributed by atoms with Crippen LogP contribution >= 0.6 is 0 Å². The third kappa shape index (κ3) is 4.95. The van der Waals surface area contributed by atoms with Crippen LogP contribution in [0.5, 0.6) is 0 Å². The highest BCUT2D eigenvalue weighted by molar-refractivity contribution is 5.77. The number of nitrogens with one attached hydrogen (secondary N) is 1. The Hall–Kier alpha value is -2.09. The largest absolute Gasteiger partial charge is 0.346 e. The first-order chi connectivity index (χ1) is 11.1. The van der Waals surface area contributed by atoms with Crippen molar-refractivity contribution in [3.05, 3.63) is 59.7 Å². The van der Waals surface area contributed by atoms with Crippen LogP contribution in [0, 0.1) is 0 Å². The van der Waals surface area contributed by atoms with Crippen LogP contribution in [0.3, 0.4) is 0 Å². The average Bonchev–Trinajstić information content (AvgIpc) is 2.61. The van der Waals surface area contributed by atoms with Gasteiger partial charge in [0.15, 0.2) is 0 Å². The summed E-state index contributed by atoms with van der Waals surface area (Å²) in [6, 6.07) is 17.1. The second-order valence-electron chi connectivity index (χ2n) is 6.23. The summed E-state index contributed by atoms with van der Waals surface area (Å²) in [7, 11) is 0. The second-order valence-corrected chi connectivity index (χ2v) is 6.23. The van der Waals surface area contributed by atoms with Gasteiger partial charge < -0.3 is 5.32 Å². The first-order valence-electron chi connectivity index (χ1n) is 8.63. The molecule has 0 aliphatic carbocycles. The third-order valence-electron chi connectivity index (χ3n) is 4.61. The lowest BCUT2D eigenvalue weighted by atomic mass is 9.99. The van der Waals surface area contributed by atoms with Gasteiger partial charge in [0.2, 0.25) is 0 Å². The van der Waals surface area contributed by atoms with E-state index in [2.05, 4.69) is 86.5 Å². The Morgan fingerprint density at radius 3 is 1.78 bits per heavy atom. The highest BCUT2D eigenvalue weighted by Gasteiger charge is 2.02. The second kappa shape index (κ2) is 8.52. The fourth-order valence-corrected chi connectivity index (χ4v) is 2.45. The summed E-state index contributed by atoms with van der Waals surface area (Å²) in [6.45, 7) is 8.94. The predicted octanol–water partition coefficient (Wildman–Crippen LogP) is 6.49. The maximum atomic E-state index is 4.47. The number of hydrogen-bond acceptors (Lipinski definition) is 1. The summed E-state index contributed by atoms with van der Waals surface area (Å²) in [5, 5.41) is 3.23. The van der Waals surface area contributed by atoms with Gasteiger partial charge in [-0.2, -0.15) is 0 Å². The van der Waals surface area contributed by atoms with Crippen molar-refractivity contribution >= 4 is 17.7 Å². The molecule has 0 radical (unpaired) electrons. The van der Waals surface area contributed by atoms with Gasteiger partial charge in [-0.1, -0.05) is 52.0 Å². The molecule has 0 spiro atoms. The number of benzene rings is 2. The zero-order valence-corrected chi connectivity index (χ0v) is 14.7. The highest BCUT2D eigenvalue weighted by Crippen LogP contribution is 2.22. The van der Waals surface area contributed by atoms with Gasteiger partial charge in [0, 0.05) is 5.69 Å². The Balaban J connectivity index is 1.93. The van der Waals surface area contributed by atoms with Crippen LogP contribution in [0.4, 0.5) is 11.4 Å². The molecule has 2 rings (SSSR count). The maximum Gasteiger partial charge on any atom is 0.0930 e. The van der Waals surface area contributed by atoms with E-state index in [0.717, 1.165) is 17.8 Å². The van der Waals surface area contributed by atoms with Crippen LogP contribution in [0.2, 0.25) is 0 Å². The summed E-state index contributed by atoms with van der Waals surface area (Å²) >= 11 is 0. The zero-order valence-electron chi connectivity index (χ0n) is 14.7. The fourth-order valence-electron chi connectivity index (χ4n) is 2.45. The molecule has 23 heavy (non-hydrogen) atoms. The minimum absolute atomic E-state index is 0.607. The maximum absolute atomic E-state index is 4.47. The van der Waals surface area contributed by atoms with Gasteiger partial charge in [0.05, 0.1) is 12.0 Å². The number of hydrogen-bond donors (Lipinski definition) is 1. The lowest BCUT2D eigenvalue weighted by molar-refractivity contribution is 0.734. The van der Waals surface area contributed by atoms with E-state index in [1.807, 2.05) is 0 Å². The molecule has 0 aliphatic heterocycles. The number of nitrogens with zero attached hydrogens (tertiary/aromatic N) is 1. The molecule has 0 aliphatic rings. The van der Waals surface area contributed by atoms with Gasteiger partial charge in [0.1, 0.15) is 0 Å². The molecule has 0 fully saturated rings.